The summed E-state index contributed by atoms with van der Waals surface area (Å²) >= 11 is 0. The van der Waals surface area contributed by atoms with Crippen LogP contribution >= 0.6 is 0 Å². The Kier molecular flexibility index (Phi) is 1.69. The number of hydrogen-bond donors (Lipinski definition) is 1. The maximum Gasteiger partial charge on any atom is 0.165 e. The van der Waals surface area contributed by atoms with Crippen LogP contribution in [0, 0.1) is 5.82 Å². The monoisotopic (exact) mass is 179 g/mol. The lowest BCUT2D eigenvalue weighted by Gasteiger charge is -2.02. The number of aromatic nitrogens is 2. The van der Waals surface area contributed by atoms with Gasteiger partial charge in [-0.3, -0.25) is 0 Å². The lowest BCUT2D eigenvalue weighted by atomic mass is 10.3. The SMILES string of the molecule is CCn1ccc2c(N)ncc(F)c21. The predicted octanol–water partition coefficient (Wildman–Crippen LogP) is 1.78. The third kappa shape index (κ3) is 1.06. The Bertz CT molecular complexity index is 447. The van der Waals surface area contributed by atoms with E-state index in [1.165, 1.54) is 0 Å². The van der Waals surface area contributed by atoms with E-state index in [9.17, 15) is 4.39 Å². The Morgan fingerprint density at radius 2 is 2.38 bits per heavy atom. The zero-order chi connectivity index (χ0) is 9.42. The highest BCUT2D eigenvalue weighted by Gasteiger charge is 2.08. The average Bonchev–Trinajstić information content (AvgIpc) is 2.56. The largest absolute Gasteiger partial charge is 0.383 e. The Morgan fingerprint density at radius 3 is 3.08 bits per heavy atom. The molecule has 0 saturated carbocycles. The van der Waals surface area contributed by atoms with Crippen LogP contribution in [-0.4, -0.2) is 9.55 Å². The molecule has 2 N–H and O–H groups in total. The molecule has 0 saturated heterocycles. The number of halogens is 1. The molecule has 0 fully saturated rings. The number of fused-ring (bicyclic) bond motifs is 1. The van der Waals surface area contributed by atoms with Gasteiger partial charge in [0.25, 0.3) is 0 Å². The highest BCUT2D eigenvalue weighted by molar-refractivity contribution is 5.89. The van der Waals surface area contributed by atoms with Crippen LogP contribution in [0.15, 0.2) is 18.5 Å². The number of nitrogens with two attached hydrogens (primary N) is 1. The number of nitrogen functional groups attached to an aromatic ring is 1. The Labute approximate surface area is 75.0 Å². The molecular weight excluding hydrogens is 169 g/mol. The van der Waals surface area contributed by atoms with Crippen molar-refractivity contribution in [2.24, 2.45) is 0 Å². The molecule has 2 heterocycles. The second kappa shape index (κ2) is 2.73. The molecule has 13 heavy (non-hydrogen) atoms. The molecule has 0 spiro atoms. The van der Waals surface area contributed by atoms with Crippen LogP contribution in [0.5, 0.6) is 0 Å². The summed E-state index contributed by atoms with van der Waals surface area (Å²) in [7, 11) is 0. The van der Waals surface area contributed by atoms with Gasteiger partial charge in [-0.25, -0.2) is 9.37 Å². The standard InChI is InChI=1S/C9H10FN3/c1-2-13-4-3-6-8(13)7(10)5-12-9(6)11/h3-5H,2H2,1H3,(H2,11,12). The van der Waals surface area contributed by atoms with Gasteiger partial charge in [-0.15, -0.1) is 0 Å². The quantitative estimate of drug-likeness (QED) is 0.725. The summed E-state index contributed by atoms with van der Waals surface area (Å²) in [5.74, 6) is 0.0552. The predicted molar refractivity (Wildman–Crippen MR) is 49.8 cm³/mol. The molecule has 3 nitrogen and oxygen atoms in total. The average molecular weight is 179 g/mol. The van der Waals surface area contributed by atoms with Crippen LogP contribution in [0.1, 0.15) is 6.92 Å². The van der Waals surface area contributed by atoms with E-state index >= 15 is 0 Å². The maximum atomic E-state index is 13.3. The molecule has 0 unspecified atom stereocenters. The Balaban J connectivity index is 2.87. The lowest BCUT2D eigenvalue weighted by molar-refractivity contribution is 0.621. The molecule has 2 rings (SSSR count). The fourth-order valence-corrected chi connectivity index (χ4v) is 1.47. The van der Waals surface area contributed by atoms with Crippen molar-refractivity contribution in [1.29, 1.82) is 0 Å². The first-order valence-electron chi connectivity index (χ1n) is 4.13. The van der Waals surface area contributed by atoms with E-state index in [0.717, 1.165) is 12.7 Å². The van der Waals surface area contributed by atoms with Crippen molar-refractivity contribution < 1.29 is 4.39 Å². The van der Waals surface area contributed by atoms with Gasteiger partial charge in [0.2, 0.25) is 0 Å². The van der Waals surface area contributed by atoms with Gasteiger partial charge in [0.15, 0.2) is 5.82 Å². The lowest BCUT2D eigenvalue weighted by Crippen LogP contribution is -1.97. The Morgan fingerprint density at radius 1 is 1.62 bits per heavy atom. The van der Waals surface area contributed by atoms with Crippen LogP contribution in [0.4, 0.5) is 10.2 Å². The molecule has 4 heteroatoms. The van der Waals surface area contributed by atoms with Crippen LogP contribution in [0.25, 0.3) is 10.9 Å². The molecule has 0 amide bonds. The first kappa shape index (κ1) is 8.04. The van der Waals surface area contributed by atoms with Gasteiger partial charge in [0, 0.05) is 18.1 Å². The number of pyridine rings is 1. The van der Waals surface area contributed by atoms with E-state index in [1.807, 2.05) is 17.7 Å². The van der Waals surface area contributed by atoms with Gasteiger partial charge < -0.3 is 10.3 Å². The van der Waals surface area contributed by atoms with Gasteiger partial charge in [0.1, 0.15) is 5.82 Å². The van der Waals surface area contributed by atoms with E-state index < -0.39 is 0 Å². The van der Waals surface area contributed by atoms with E-state index in [-0.39, 0.29) is 5.82 Å². The summed E-state index contributed by atoms with van der Waals surface area (Å²) in [4.78, 5) is 3.74. The van der Waals surface area contributed by atoms with Crippen molar-refractivity contribution in [1.82, 2.24) is 9.55 Å². The number of hydrogen-bond acceptors (Lipinski definition) is 2. The highest BCUT2D eigenvalue weighted by Crippen LogP contribution is 2.22. The van der Waals surface area contributed by atoms with Crippen LogP contribution in [0.2, 0.25) is 0 Å². The van der Waals surface area contributed by atoms with Crippen molar-refractivity contribution in [3.8, 4) is 0 Å². The molecule has 2 aromatic heterocycles. The molecule has 0 aliphatic heterocycles. The van der Waals surface area contributed by atoms with E-state index in [0.29, 0.717) is 16.7 Å². The fourth-order valence-electron chi connectivity index (χ4n) is 1.47. The molecule has 68 valence electrons. The van der Waals surface area contributed by atoms with Gasteiger partial charge in [-0.2, -0.15) is 0 Å². The van der Waals surface area contributed by atoms with Crippen LogP contribution < -0.4 is 5.73 Å². The van der Waals surface area contributed by atoms with Gasteiger partial charge in [0.05, 0.1) is 11.7 Å². The topological polar surface area (TPSA) is 43.8 Å². The molecule has 0 aliphatic rings. The minimum Gasteiger partial charge on any atom is -0.383 e. The third-order valence-electron chi connectivity index (χ3n) is 2.12. The fraction of sp³-hybridized carbons (Fsp3) is 0.222. The number of rotatable bonds is 1. The van der Waals surface area contributed by atoms with E-state index in [1.54, 1.807) is 6.07 Å². The zero-order valence-electron chi connectivity index (χ0n) is 7.29. The van der Waals surface area contributed by atoms with Gasteiger partial charge >= 0.3 is 0 Å². The second-order valence-electron chi connectivity index (χ2n) is 2.86. The van der Waals surface area contributed by atoms with Crippen molar-refractivity contribution in [2.75, 3.05) is 5.73 Å². The van der Waals surface area contributed by atoms with Gasteiger partial charge in [-0.1, -0.05) is 0 Å². The highest BCUT2D eigenvalue weighted by atomic mass is 19.1. The molecule has 0 aromatic carbocycles. The maximum absolute atomic E-state index is 13.3. The smallest absolute Gasteiger partial charge is 0.165 e. The Hall–Kier alpha value is -1.58. The summed E-state index contributed by atoms with van der Waals surface area (Å²) in [6.45, 7) is 2.68. The summed E-state index contributed by atoms with van der Waals surface area (Å²) in [6.07, 6.45) is 2.97. The van der Waals surface area contributed by atoms with E-state index in [4.69, 9.17) is 5.73 Å². The van der Waals surface area contributed by atoms with Crippen molar-refractivity contribution >= 4 is 16.7 Å². The number of aryl methyl sites for hydroxylation is 1. The summed E-state index contributed by atoms with van der Waals surface area (Å²) < 4.78 is 15.1. The minimum absolute atomic E-state index is 0.323. The number of nitrogens with zero attached hydrogens (tertiary/aromatic N) is 2. The van der Waals surface area contributed by atoms with Crippen LogP contribution in [0.3, 0.4) is 0 Å². The third-order valence-corrected chi connectivity index (χ3v) is 2.12. The molecule has 2 aromatic rings. The number of anilines is 1. The summed E-state index contributed by atoms with van der Waals surface area (Å²) in [6, 6.07) is 1.78. The molecule has 0 aliphatic carbocycles. The van der Waals surface area contributed by atoms with Crippen molar-refractivity contribution in [3.63, 3.8) is 0 Å². The van der Waals surface area contributed by atoms with Crippen molar-refractivity contribution in [3.05, 3.63) is 24.3 Å². The van der Waals surface area contributed by atoms with Crippen molar-refractivity contribution in [2.45, 2.75) is 13.5 Å². The molecule has 0 bridgehead atoms. The molecule has 0 radical (unpaired) electrons. The van der Waals surface area contributed by atoms with Crippen LogP contribution in [-0.2, 0) is 6.54 Å². The first-order valence-corrected chi connectivity index (χ1v) is 4.13. The summed E-state index contributed by atoms with van der Waals surface area (Å²) in [5.41, 5.74) is 6.14. The second-order valence-corrected chi connectivity index (χ2v) is 2.86. The summed E-state index contributed by atoms with van der Waals surface area (Å²) in [5, 5.41) is 0.682. The normalized spacial score (nSPS) is 10.9. The molecular formula is C9H10FN3. The first-order chi connectivity index (χ1) is 6.24. The minimum atomic E-state index is -0.323. The van der Waals surface area contributed by atoms with E-state index in [2.05, 4.69) is 4.98 Å². The zero-order valence-corrected chi connectivity index (χ0v) is 7.29. The van der Waals surface area contributed by atoms with Gasteiger partial charge in [-0.05, 0) is 13.0 Å². The molecule has 0 atom stereocenters.